The van der Waals surface area contributed by atoms with Gasteiger partial charge >= 0.3 is 0 Å². The molecule has 1 atom stereocenters. The number of carbonyl (C=O) groups is 1. The van der Waals surface area contributed by atoms with Gasteiger partial charge in [0.25, 0.3) is 11.8 Å². The molecule has 184 valence electrons. The first-order valence-electron chi connectivity index (χ1n) is 11.4. The highest BCUT2D eigenvalue weighted by Gasteiger charge is 2.42. The molecule has 3 aromatic heterocycles. The summed E-state index contributed by atoms with van der Waals surface area (Å²) in [5.41, 5.74) is 2.09. The topological polar surface area (TPSA) is 142 Å². The largest absolute Gasteiger partial charge is 0.421 e. The van der Waals surface area contributed by atoms with Gasteiger partial charge in [-0.05, 0) is 31.5 Å². The van der Waals surface area contributed by atoms with E-state index < -0.39 is 11.6 Å². The molecule has 0 aliphatic carbocycles. The Morgan fingerprint density at radius 1 is 1.08 bits per heavy atom. The van der Waals surface area contributed by atoms with Crippen molar-refractivity contribution in [1.29, 1.82) is 0 Å². The Morgan fingerprint density at radius 3 is 2.56 bits per heavy atom. The van der Waals surface area contributed by atoms with Gasteiger partial charge in [-0.25, -0.2) is 9.97 Å². The third-order valence-corrected chi connectivity index (χ3v) is 6.33. The summed E-state index contributed by atoms with van der Waals surface area (Å²) in [6.45, 7) is 5.43. The van der Waals surface area contributed by atoms with Crippen LogP contribution in [0.15, 0.2) is 53.1 Å². The number of rotatable bonds is 7. The van der Waals surface area contributed by atoms with Crippen LogP contribution in [0.25, 0.3) is 11.5 Å². The number of nitrogens with zero attached hydrogens (tertiary/aromatic N) is 6. The molecule has 0 bridgehead atoms. The zero-order chi connectivity index (χ0) is 25.4. The molecule has 3 N–H and O–H groups in total. The number of hydrogen-bond acceptors (Lipinski definition) is 10. The second-order valence-corrected chi connectivity index (χ2v) is 9.01. The van der Waals surface area contributed by atoms with Crippen molar-refractivity contribution >= 4 is 23.5 Å². The summed E-state index contributed by atoms with van der Waals surface area (Å²) < 4.78 is 5.61. The monoisotopic (exact) mass is 486 g/mol. The number of carbonyl (C=O) groups excluding carboxylic acids is 1. The Balaban J connectivity index is 1.50. The van der Waals surface area contributed by atoms with Crippen LogP contribution in [0.1, 0.15) is 47.4 Å². The molecule has 0 saturated carbocycles. The SMILES string of the molecule is Cc1nnc(-c2cnc(Nc3ccc4c(n3)C(C)(C)N(C)C4=O)nc2N[C@H](CO)c2ccccc2)o1. The molecule has 1 aromatic carbocycles. The molecule has 5 rings (SSSR count). The molecular formula is C25H26N8O3. The molecule has 36 heavy (non-hydrogen) atoms. The van der Waals surface area contributed by atoms with Crippen LogP contribution >= 0.6 is 0 Å². The van der Waals surface area contributed by atoms with Crippen molar-refractivity contribution in [1.82, 2.24) is 30.0 Å². The maximum atomic E-state index is 12.5. The molecule has 4 heterocycles. The lowest BCUT2D eigenvalue weighted by atomic mass is 10.00. The van der Waals surface area contributed by atoms with E-state index in [0.29, 0.717) is 34.3 Å². The highest BCUT2D eigenvalue weighted by molar-refractivity contribution is 5.99. The Hall–Kier alpha value is -4.38. The van der Waals surface area contributed by atoms with Crippen LogP contribution in [0.5, 0.6) is 0 Å². The summed E-state index contributed by atoms with van der Waals surface area (Å²) in [6.07, 6.45) is 1.57. The molecule has 0 radical (unpaired) electrons. The van der Waals surface area contributed by atoms with Crippen LogP contribution in [0, 0.1) is 6.92 Å². The van der Waals surface area contributed by atoms with Crippen LogP contribution < -0.4 is 10.6 Å². The van der Waals surface area contributed by atoms with Crippen LogP contribution in [0.3, 0.4) is 0 Å². The average Bonchev–Trinajstić information content (AvgIpc) is 3.38. The lowest BCUT2D eigenvalue weighted by Gasteiger charge is -2.27. The van der Waals surface area contributed by atoms with Gasteiger partial charge in [-0.3, -0.25) is 4.79 Å². The van der Waals surface area contributed by atoms with Gasteiger partial charge in [0, 0.05) is 20.2 Å². The first kappa shape index (κ1) is 23.4. The average molecular weight is 487 g/mol. The molecule has 1 aliphatic heterocycles. The number of aliphatic hydroxyl groups is 1. The van der Waals surface area contributed by atoms with Gasteiger partial charge in [0.05, 0.1) is 35.0 Å². The highest BCUT2D eigenvalue weighted by atomic mass is 16.4. The number of amides is 1. The van der Waals surface area contributed by atoms with Crippen molar-refractivity contribution in [3.05, 3.63) is 71.4 Å². The zero-order valence-electron chi connectivity index (χ0n) is 20.4. The Kier molecular flexibility index (Phi) is 5.84. The Bertz CT molecular complexity index is 1420. The van der Waals surface area contributed by atoms with Gasteiger partial charge in [-0.2, -0.15) is 4.98 Å². The third-order valence-electron chi connectivity index (χ3n) is 6.33. The van der Waals surface area contributed by atoms with Crippen molar-refractivity contribution in [2.45, 2.75) is 32.4 Å². The molecule has 11 heteroatoms. The minimum absolute atomic E-state index is 0.0630. The summed E-state index contributed by atoms with van der Waals surface area (Å²) >= 11 is 0. The summed E-state index contributed by atoms with van der Waals surface area (Å²) in [5.74, 6) is 1.77. The number of aromatic nitrogens is 5. The van der Waals surface area contributed by atoms with E-state index in [-0.39, 0.29) is 24.4 Å². The number of aryl methyl sites for hydroxylation is 1. The van der Waals surface area contributed by atoms with Gasteiger partial charge in [0.15, 0.2) is 0 Å². The molecule has 4 aromatic rings. The first-order chi connectivity index (χ1) is 17.3. The van der Waals surface area contributed by atoms with Crippen molar-refractivity contribution in [3.63, 3.8) is 0 Å². The van der Waals surface area contributed by atoms with E-state index in [1.807, 2.05) is 44.2 Å². The number of nitrogens with one attached hydrogen (secondary N) is 2. The van der Waals surface area contributed by atoms with E-state index in [1.54, 1.807) is 37.2 Å². The van der Waals surface area contributed by atoms with E-state index in [1.165, 1.54) is 0 Å². The van der Waals surface area contributed by atoms with Crippen LogP contribution in [0.2, 0.25) is 0 Å². The molecule has 0 fully saturated rings. The maximum absolute atomic E-state index is 12.5. The quantitative estimate of drug-likeness (QED) is 0.355. The van der Waals surface area contributed by atoms with Gasteiger partial charge in [0.1, 0.15) is 11.6 Å². The van der Waals surface area contributed by atoms with Crippen molar-refractivity contribution in [2.75, 3.05) is 24.3 Å². The fourth-order valence-electron chi connectivity index (χ4n) is 4.07. The fourth-order valence-corrected chi connectivity index (χ4v) is 4.07. The number of anilines is 3. The van der Waals surface area contributed by atoms with Gasteiger partial charge in [-0.15, -0.1) is 10.2 Å². The standard InChI is InChI=1S/C25H26N8O3/c1-14-31-32-22(36-14)17-12-26-24(30-21(17)27-18(13-34)15-8-6-5-7-9-15)29-19-11-10-16-20(28-19)25(2,3)33(4)23(16)35/h5-12,18,34H,13H2,1-4H3,(H2,26,27,28,29,30)/t18-/m1/s1. The lowest BCUT2D eigenvalue weighted by Crippen LogP contribution is -2.35. The Labute approximate surface area is 207 Å². The van der Waals surface area contributed by atoms with Crippen LogP contribution in [-0.2, 0) is 5.54 Å². The first-order valence-corrected chi connectivity index (χ1v) is 11.4. The molecule has 0 unspecified atom stereocenters. The Morgan fingerprint density at radius 2 is 1.86 bits per heavy atom. The van der Waals surface area contributed by atoms with E-state index in [4.69, 9.17) is 4.42 Å². The van der Waals surface area contributed by atoms with Gasteiger partial charge in [0.2, 0.25) is 11.8 Å². The number of pyridine rings is 1. The maximum Gasteiger partial charge on any atom is 0.256 e. The zero-order valence-corrected chi connectivity index (χ0v) is 20.4. The predicted octanol–water partition coefficient (Wildman–Crippen LogP) is 3.44. The molecular weight excluding hydrogens is 460 g/mol. The minimum Gasteiger partial charge on any atom is -0.421 e. The normalized spacial score (nSPS) is 15.0. The molecule has 0 saturated heterocycles. The van der Waals surface area contributed by atoms with E-state index in [9.17, 15) is 9.90 Å². The van der Waals surface area contributed by atoms with E-state index in [0.717, 1.165) is 5.56 Å². The summed E-state index contributed by atoms with van der Waals surface area (Å²) in [5, 5.41) is 24.5. The molecule has 1 amide bonds. The minimum atomic E-state index is -0.540. The second-order valence-electron chi connectivity index (χ2n) is 9.01. The van der Waals surface area contributed by atoms with Crippen LogP contribution in [0.4, 0.5) is 17.6 Å². The predicted molar refractivity (Wildman–Crippen MR) is 133 cm³/mol. The van der Waals surface area contributed by atoms with Crippen molar-refractivity contribution < 1.29 is 14.3 Å². The van der Waals surface area contributed by atoms with Crippen molar-refractivity contribution in [3.8, 4) is 11.5 Å². The number of fused-ring (bicyclic) bond motifs is 1. The second kappa shape index (κ2) is 9.00. The van der Waals surface area contributed by atoms with Crippen LogP contribution in [-0.4, -0.2) is 54.7 Å². The molecule has 1 aliphatic rings. The summed E-state index contributed by atoms with van der Waals surface area (Å²) in [6, 6.07) is 12.6. The fraction of sp³-hybridized carbons (Fsp3) is 0.280. The van der Waals surface area contributed by atoms with E-state index in [2.05, 4.69) is 35.8 Å². The smallest absolute Gasteiger partial charge is 0.256 e. The lowest BCUT2D eigenvalue weighted by molar-refractivity contribution is 0.0688. The number of benzene rings is 1. The van der Waals surface area contributed by atoms with Crippen molar-refractivity contribution in [2.24, 2.45) is 0 Å². The van der Waals surface area contributed by atoms with E-state index >= 15 is 0 Å². The summed E-state index contributed by atoms with van der Waals surface area (Å²) in [4.78, 5) is 28.0. The van der Waals surface area contributed by atoms with Gasteiger partial charge < -0.3 is 25.1 Å². The van der Waals surface area contributed by atoms with Gasteiger partial charge in [-0.1, -0.05) is 30.3 Å². The number of aliphatic hydroxyl groups excluding tert-OH is 1. The molecule has 0 spiro atoms. The number of hydrogen-bond donors (Lipinski definition) is 3. The molecule has 11 nitrogen and oxygen atoms in total. The highest BCUT2D eigenvalue weighted by Crippen LogP contribution is 2.37. The summed E-state index contributed by atoms with van der Waals surface area (Å²) in [7, 11) is 1.76. The third kappa shape index (κ3) is 4.13.